The standard InChI is InChI=1S/C26H22N4O/c1-2-6-21(7-3-1)30-26-22-8-4-5-9-24(22)27-18-23(26)25(28-30)19-10-12-20(13-11-19)29-14-16-31-17-15-29/h1-13,18H,14-17H2. The van der Waals surface area contributed by atoms with Crippen molar-refractivity contribution in [2.75, 3.05) is 31.2 Å². The first-order valence-corrected chi connectivity index (χ1v) is 10.6. The van der Waals surface area contributed by atoms with Crippen molar-refractivity contribution in [2.45, 2.75) is 0 Å². The van der Waals surface area contributed by atoms with Crippen LogP contribution in [0, 0.1) is 0 Å². The number of hydrogen-bond acceptors (Lipinski definition) is 4. The second kappa shape index (κ2) is 7.52. The van der Waals surface area contributed by atoms with E-state index in [1.165, 1.54) is 5.69 Å². The Labute approximate surface area is 180 Å². The van der Waals surface area contributed by atoms with Crippen LogP contribution in [0.25, 0.3) is 38.8 Å². The molecule has 0 radical (unpaired) electrons. The summed E-state index contributed by atoms with van der Waals surface area (Å²) in [6, 6.07) is 27.2. The number of aromatic nitrogens is 3. The molecule has 0 aliphatic carbocycles. The van der Waals surface area contributed by atoms with Crippen LogP contribution in [0.3, 0.4) is 0 Å². The fraction of sp³-hybridized carbons (Fsp3) is 0.154. The summed E-state index contributed by atoms with van der Waals surface area (Å²) in [6.45, 7) is 3.43. The van der Waals surface area contributed by atoms with Gasteiger partial charge in [0.05, 0.1) is 29.9 Å². The molecule has 5 nitrogen and oxygen atoms in total. The molecule has 3 heterocycles. The number of nitrogens with zero attached hydrogens (tertiary/aromatic N) is 4. The van der Waals surface area contributed by atoms with Gasteiger partial charge in [0, 0.05) is 41.3 Å². The van der Waals surface area contributed by atoms with Crippen molar-refractivity contribution in [2.24, 2.45) is 0 Å². The molecule has 0 unspecified atom stereocenters. The molecule has 6 rings (SSSR count). The Morgan fingerprint density at radius 2 is 1.45 bits per heavy atom. The smallest absolute Gasteiger partial charge is 0.102 e. The molecule has 1 fully saturated rings. The summed E-state index contributed by atoms with van der Waals surface area (Å²) in [5.74, 6) is 0. The summed E-state index contributed by atoms with van der Waals surface area (Å²) in [7, 11) is 0. The van der Waals surface area contributed by atoms with E-state index in [1.54, 1.807) is 0 Å². The molecule has 0 atom stereocenters. The number of rotatable bonds is 3. The number of benzene rings is 3. The van der Waals surface area contributed by atoms with Gasteiger partial charge in [0.2, 0.25) is 0 Å². The zero-order valence-electron chi connectivity index (χ0n) is 17.1. The minimum Gasteiger partial charge on any atom is -0.378 e. The maximum atomic E-state index is 5.48. The fourth-order valence-electron chi connectivity index (χ4n) is 4.35. The number of morpholine rings is 1. The highest BCUT2D eigenvalue weighted by atomic mass is 16.5. The molecule has 5 heteroatoms. The Kier molecular flexibility index (Phi) is 4.39. The van der Waals surface area contributed by atoms with Crippen LogP contribution in [-0.4, -0.2) is 41.1 Å². The highest BCUT2D eigenvalue weighted by molar-refractivity contribution is 6.08. The van der Waals surface area contributed by atoms with Gasteiger partial charge in [0.15, 0.2) is 0 Å². The van der Waals surface area contributed by atoms with E-state index in [0.717, 1.165) is 65.1 Å². The molecule has 0 saturated carbocycles. The predicted octanol–water partition coefficient (Wildman–Crippen LogP) is 5.08. The van der Waals surface area contributed by atoms with E-state index >= 15 is 0 Å². The van der Waals surface area contributed by atoms with Crippen molar-refractivity contribution in [1.29, 1.82) is 0 Å². The molecule has 5 aromatic rings. The predicted molar refractivity (Wildman–Crippen MR) is 125 cm³/mol. The van der Waals surface area contributed by atoms with E-state index in [-0.39, 0.29) is 0 Å². The average molecular weight is 406 g/mol. The molecular weight excluding hydrogens is 384 g/mol. The molecule has 31 heavy (non-hydrogen) atoms. The first kappa shape index (κ1) is 18.1. The molecule has 1 saturated heterocycles. The summed E-state index contributed by atoms with van der Waals surface area (Å²) in [4.78, 5) is 7.08. The van der Waals surface area contributed by atoms with Crippen molar-refractivity contribution >= 4 is 27.5 Å². The molecule has 0 amide bonds. The normalized spacial score (nSPS) is 14.4. The quantitative estimate of drug-likeness (QED) is 0.419. The van der Waals surface area contributed by atoms with Crippen LogP contribution in [-0.2, 0) is 4.74 Å². The van der Waals surface area contributed by atoms with Gasteiger partial charge < -0.3 is 9.64 Å². The lowest BCUT2D eigenvalue weighted by molar-refractivity contribution is 0.122. The SMILES string of the molecule is c1ccc(-n2nc(-c3ccc(N4CCOCC4)cc3)c3cnc4ccccc4c32)cc1. The van der Waals surface area contributed by atoms with Crippen molar-refractivity contribution in [3.63, 3.8) is 0 Å². The van der Waals surface area contributed by atoms with Gasteiger partial charge in [0.1, 0.15) is 5.69 Å². The van der Waals surface area contributed by atoms with E-state index < -0.39 is 0 Å². The second-order valence-electron chi connectivity index (χ2n) is 7.78. The van der Waals surface area contributed by atoms with E-state index in [4.69, 9.17) is 14.8 Å². The average Bonchev–Trinajstić information content (AvgIpc) is 3.25. The summed E-state index contributed by atoms with van der Waals surface area (Å²) in [5.41, 5.74) is 6.37. The fourth-order valence-corrected chi connectivity index (χ4v) is 4.35. The molecule has 0 N–H and O–H groups in total. The maximum absolute atomic E-state index is 5.48. The molecule has 1 aliphatic heterocycles. The maximum Gasteiger partial charge on any atom is 0.102 e. The summed E-state index contributed by atoms with van der Waals surface area (Å²) in [5, 5.41) is 7.23. The minimum atomic E-state index is 0.784. The molecular formula is C26H22N4O. The number of fused-ring (bicyclic) bond motifs is 3. The van der Waals surface area contributed by atoms with Gasteiger partial charge in [-0.2, -0.15) is 5.10 Å². The van der Waals surface area contributed by atoms with Gasteiger partial charge in [-0.25, -0.2) is 4.68 Å². The van der Waals surface area contributed by atoms with Crippen molar-refractivity contribution in [3.05, 3.63) is 85.1 Å². The monoisotopic (exact) mass is 406 g/mol. The van der Waals surface area contributed by atoms with Gasteiger partial charge in [-0.05, 0) is 30.3 Å². The van der Waals surface area contributed by atoms with E-state index in [2.05, 4.69) is 53.4 Å². The van der Waals surface area contributed by atoms with E-state index in [1.807, 2.05) is 41.2 Å². The minimum absolute atomic E-state index is 0.784. The number of ether oxygens (including phenoxy) is 1. The zero-order chi connectivity index (χ0) is 20.6. The van der Waals surface area contributed by atoms with Crippen LogP contribution in [0.15, 0.2) is 85.1 Å². The third kappa shape index (κ3) is 3.14. The third-order valence-electron chi connectivity index (χ3n) is 5.93. The van der Waals surface area contributed by atoms with Crippen molar-refractivity contribution in [1.82, 2.24) is 14.8 Å². The van der Waals surface area contributed by atoms with Gasteiger partial charge in [-0.15, -0.1) is 0 Å². The van der Waals surface area contributed by atoms with Crippen LogP contribution < -0.4 is 4.90 Å². The van der Waals surface area contributed by atoms with Gasteiger partial charge in [-0.3, -0.25) is 4.98 Å². The van der Waals surface area contributed by atoms with Crippen LogP contribution >= 0.6 is 0 Å². The molecule has 2 aromatic heterocycles. The second-order valence-corrected chi connectivity index (χ2v) is 7.78. The largest absolute Gasteiger partial charge is 0.378 e. The Hall–Kier alpha value is -3.70. The Balaban J connectivity index is 1.53. The number of para-hydroxylation sites is 2. The number of pyridine rings is 1. The molecule has 0 bridgehead atoms. The lowest BCUT2D eigenvalue weighted by Gasteiger charge is -2.28. The van der Waals surface area contributed by atoms with Crippen LogP contribution in [0.1, 0.15) is 0 Å². The highest BCUT2D eigenvalue weighted by Crippen LogP contribution is 2.34. The summed E-state index contributed by atoms with van der Waals surface area (Å²) in [6.07, 6.45) is 1.95. The van der Waals surface area contributed by atoms with Crippen molar-refractivity contribution < 1.29 is 4.74 Å². The zero-order valence-corrected chi connectivity index (χ0v) is 17.1. The van der Waals surface area contributed by atoms with Gasteiger partial charge in [-0.1, -0.05) is 48.5 Å². The third-order valence-corrected chi connectivity index (χ3v) is 5.93. The number of hydrogen-bond donors (Lipinski definition) is 0. The van der Waals surface area contributed by atoms with E-state index in [9.17, 15) is 0 Å². The van der Waals surface area contributed by atoms with E-state index in [0.29, 0.717) is 0 Å². The molecule has 1 aliphatic rings. The Bertz CT molecular complexity index is 1350. The Morgan fingerprint density at radius 3 is 2.26 bits per heavy atom. The lowest BCUT2D eigenvalue weighted by Crippen LogP contribution is -2.36. The van der Waals surface area contributed by atoms with Crippen LogP contribution in [0.5, 0.6) is 0 Å². The summed E-state index contributed by atoms with van der Waals surface area (Å²) < 4.78 is 7.53. The molecule has 0 spiro atoms. The molecule has 3 aromatic carbocycles. The summed E-state index contributed by atoms with van der Waals surface area (Å²) >= 11 is 0. The first-order chi connectivity index (χ1) is 15.4. The topological polar surface area (TPSA) is 43.2 Å². The Morgan fingerprint density at radius 1 is 0.710 bits per heavy atom. The lowest BCUT2D eigenvalue weighted by atomic mass is 10.1. The first-order valence-electron chi connectivity index (χ1n) is 10.6. The highest BCUT2D eigenvalue weighted by Gasteiger charge is 2.17. The van der Waals surface area contributed by atoms with Crippen LogP contribution in [0.2, 0.25) is 0 Å². The number of anilines is 1. The van der Waals surface area contributed by atoms with Gasteiger partial charge >= 0.3 is 0 Å². The molecule has 152 valence electrons. The van der Waals surface area contributed by atoms with Crippen LogP contribution in [0.4, 0.5) is 5.69 Å². The van der Waals surface area contributed by atoms with Gasteiger partial charge in [0.25, 0.3) is 0 Å². The van der Waals surface area contributed by atoms with Crippen molar-refractivity contribution in [3.8, 4) is 16.9 Å².